The van der Waals surface area contributed by atoms with Crippen LogP contribution in [-0.2, 0) is 19.5 Å². The molecule has 4 aromatic rings. The van der Waals surface area contributed by atoms with E-state index in [1.54, 1.807) is 12.1 Å². The van der Waals surface area contributed by atoms with Gasteiger partial charge in [0.25, 0.3) is 0 Å². The molecule has 0 radical (unpaired) electrons. The van der Waals surface area contributed by atoms with E-state index in [9.17, 15) is 5.11 Å². The molecule has 150 valence electrons. The summed E-state index contributed by atoms with van der Waals surface area (Å²) in [5.41, 5.74) is 9.44. The van der Waals surface area contributed by atoms with Crippen molar-refractivity contribution < 1.29 is 24.6 Å². The summed E-state index contributed by atoms with van der Waals surface area (Å²) in [4.78, 5) is 16.4. The second-order valence-corrected chi connectivity index (χ2v) is 7.64. The minimum Gasteiger partial charge on any atom is -0.508 e. The molecule has 2 aliphatic heterocycles. The maximum Gasteiger partial charge on any atom is 0.115 e. The second-order valence-electron chi connectivity index (χ2n) is 7.64. The molecule has 0 saturated heterocycles. The van der Waals surface area contributed by atoms with E-state index in [0.29, 0.717) is 0 Å². The molecule has 6 rings (SSSR count). The van der Waals surface area contributed by atoms with Crippen LogP contribution in [0.25, 0.3) is 45.9 Å². The number of phenolic OH excluding ortho intramolecular Hbond substituents is 1. The molecule has 32 heavy (non-hydrogen) atoms. The number of phenols is 1. The van der Waals surface area contributed by atoms with Gasteiger partial charge in [-0.2, -0.15) is 0 Å². The Kier molecular flexibility index (Phi) is 5.08. The van der Waals surface area contributed by atoms with Gasteiger partial charge < -0.3 is 15.1 Å². The number of aromatic nitrogens is 4. The molecule has 3 N–H and O–H groups in total. The number of H-pyrrole nitrogens is 2. The monoisotopic (exact) mass is 466 g/mol. The molecule has 5 heterocycles. The van der Waals surface area contributed by atoms with Crippen LogP contribution in [0.1, 0.15) is 28.3 Å². The van der Waals surface area contributed by atoms with Gasteiger partial charge in [-0.15, -0.1) is 0 Å². The largest absolute Gasteiger partial charge is 0.508 e. The molecule has 0 atom stereocenters. The van der Waals surface area contributed by atoms with Crippen molar-refractivity contribution in [1.82, 2.24) is 19.9 Å². The molecule has 3 aromatic heterocycles. The Bertz CT molecular complexity index is 1540. The maximum atomic E-state index is 9.67. The number of rotatable bonds is 1. The Morgan fingerprint density at radius 1 is 0.594 bits per heavy atom. The molecular weight excluding hydrogens is 450 g/mol. The first-order valence-electron chi connectivity index (χ1n) is 10.1. The van der Waals surface area contributed by atoms with Gasteiger partial charge in [0.2, 0.25) is 0 Å². The van der Waals surface area contributed by atoms with Crippen molar-refractivity contribution in [2.24, 2.45) is 0 Å². The van der Waals surface area contributed by atoms with Gasteiger partial charge in [0, 0.05) is 47.1 Å². The third kappa shape index (κ3) is 3.93. The van der Waals surface area contributed by atoms with Gasteiger partial charge >= 0.3 is 0 Å². The van der Waals surface area contributed by atoms with E-state index in [-0.39, 0.29) is 25.2 Å². The molecule has 0 amide bonds. The first kappa shape index (κ1) is 20.2. The van der Waals surface area contributed by atoms with Gasteiger partial charge in [0.1, 0.15) is 5.75 Å². The van der Waals surface area contributed by atoms with E-state index < -0.39 is 0 Å². The predicted octanol–water partition coefficient (Wildman–Crippen LogP) is 5.78. The van der Waals surface area contributed by atoms with Gasteiger partial charge in [-0.25, -0.2) is 9.97 Å². The Hall–Kier alpha value is -3.76. The summed E-state index contributed by atoms with van der Waals surface area (Å²) >= 11 is 0. The summed E-state index contributed by atoms with van der Waals surface area (Å²) in [5, 5.41) is 9.67. The number of benzene rings is 1. The van der Waals surface area contributed by atoms with Crippen molar-refractivity contribution in [3.63, 3.8) is 0 Å². The summed E-state index contributed by atoms with van der Waals surface area (Å²) in [6, 6.07) is 23.5. The SMILES string of the molecule is Oc1ccc(C2=Cc3cc4ccc(cc5ccc(cc6nc(cc2n3)C=C6)[nH]5)[nH]4)cc1.[Zn]. The fourth-order valence-corrected chi connectivity index (χ4v) is 3.89. The van der Waals surface area contributed by atoms with Crippen LogP contribution in [0.4, 0.5) is 0 Å². The predicted molar refractivity (Wildman–Crippen MR) is 125 cm³/mol. The fraction of sp³-hybridized carbons (Fsp3) is 0. The van der Waals surface area contributed by atoms with Crippen LogP contribution in [0.15, 0.2) is 72.8 Å². The summed E-state index contributed by atoms with van der Waals surface area (Å²) in [5.74, 6) is 0.242. The van der Waals surface area contributed by atoms with Gasteiger partial charge in [-0.3, -0.25) is 0 Å². The fourth-order valence-electron chi connectivity index (χ4n) is 3.89. The van der Waals surface area contributed by atoms with Crippen LogP contribution in [0.5, 0.6) is 5.75 Å². The molecule has 8 bridgehead atoms. The number of aromatic amines is 2. The Morgan fingerprint density at radius 3 is 1.81 bits per heavy atom. The molecule has 0 aliphatic carbocycles. The van der Waals surface area contributed by atoms with E-state index in [1.807, 2.05) is 54.6 Å². The van der Waals surface area contributed by atoms with Crippen LogP contribution in [0.3, 0.4) is 0 Å². The van der Waals surface area contributed by atoms with Crippen LogP contribution in [0.2, 0.25) is 0 Å². The van der Waals surface area contributed by atoms with Gasteiger partial charge in [0.15, 0.2) is 0 Å². The summed E-state index contributed by atoms with van der Waals surface area (Å²) < 4.78 is 0. The zero-order valence-corrected chi connectivity index (χ0v) is 20.2. The Morgan fingerprint density at radius 2 is 1.16 bits per heavy atom. The van der Waals surface area contributed by atoms with Crippen molar-refractivity contribution >= 4 is 45.9 Å². The third-order valence-corrected chi connectivity index (χ3v) is 5.34. The average molecular weight is 468 g/mol. The Balaban J connectivity index is 0.00000216. The van der Waals surface area contributed by atoms with Gasteiger partial charge in [-0.1, -0.05) is 12.1 Å². The zero-order chi connectivity index (χ0) is 20.8. The molecular formula is C26H18N4OZn. The van der Waals surface area contributed by atoms with E-state index in [2.05, 4.69) is 34.2 Å². The zero-order valence-electron chi connectivity index (χ0n) is 17.2. The van der Waals surface area contributed by atoms with Crippen molar-refractivity contribution in [1.29, 1.82) is 0 Å². The van der Waals surface area contributed by atoms with E-state index in [0.717, 1.165) is 56.0 Å². The molecule has 1 aromatic carbocycles. The molecule has 5 nitrogen and oxygen atoms in total. The van der Waals surface area contributed by atoms with Crippen LogP contribution >= 0.6 is 0 Å². The summed E-state index contributed by atoms with van der Waals surface area (Å²) in [6.45, 7) is 0. The van der Waals surface area contributed by atoms with E-state index in [4.69, 9.17) is 9.97 Å². The molecule has 2 aliphatic rings. The molecule has 0 saturated carbocycles. The first-order chi connectivity index (χ1) is 15.2. The van der Waals surface area contributed by atoms with Crippen molar-refractivity contribution in [2.75, 3.05) is 0 Å². The van der Waals surface area contributed by atoms with Crippen LogP contribution < -0.4 is 0 Å². The van der Waals surface area contributed by atoms with E-state index >= 15 is 0 Å². The van der Waals surface area contributed by atoms with Crippen molar-refractivity contribution in [3.8, 4) is 5.75 Å². The Labute approximate surface area is 197 Å². The third-order valence-electron chi connectivity index (χ3n) is 5.34. The smallest absolute Gasteiger partial charge is 0.115 e. The number of hydrogen-bond donors (Lipinski definition) is 3. The number of nitrogens with zero attached hydrogens (tertiary/aromatic N) is 2. The van der Waals surface area contributed by atoms with Gasteiger partial charge in [0.05, 0.1) is 22.8 Å². The number of nitrogens with one attached hydrogen (secondary N) is 2. The number of hydrogen-bond acceptors (Lipinski definition) is 3. The molecule has 6 heteroatoms. The minimum atomic E-state index is 0. The number of aromatic hydroxyl groups is 1. The first-order valence-corrected chi connectivity index (χ1v) is 10.1. The van der Waals surface area contributed by atoms with E-state index in [1.165, 1.54) is 0 Å². The molecule has 0 unspecified atom stereocenters. The summed E-state index contributed by atoms with van der Waals surface area (Å²) in [7, 11) is 0. The minimum absolute atomic E-state index is 0. The normalized spacial score (nSPS) is 12.3. The average Bonchev–Trinajstić information content (AvgIpc) is 3.54. The van der Waals surface area contributed by atoms with Gasteiger partial charge in [-0.05, 0) is 84.5 Å². The van der Waals surface area contributed by atoms with Crippen molar-refractivity contribution in [2.45, 2.75) is 0 Å². The second kappa shape index (κ2) is 8.06. The standard InChI is InChI=1S/C26H18N4O.Zn/c31-24-9-1-16(2-10-24)25-14-23-13-21-6-5-19(28-21)11-17-3-4-18(27-17)12-20-7-8-22(29-20)15-26(25)30-23;/h1-15,27-28,31H;. The van der Waals surface area contributed by atoms with Crippen LogP contribution in [0, 0.1) is 0 Å². The van der Waals surface area contributed by atoms with Crippen LogP contribution in [-0.4, -0.2) is 25.0 Å². The quantitative estimate of drug-likeness (QED) is 0.268. The topological polar surface area (TPSA) is 77.6 Å². The van der Waals surface area contributed by atoms with Crippen molar-refractivity contribution in [3.05, 3.63) is 101 Å². The molecule has 0 spiro atoms. The summed E-state index contributed by atoms with van der Waals surface area (Å²) in [6.07, 6.45) is 6.06. The maximum absolute atomic E-state index is 9.67. The number of fused-ring (bicyclic) bond motifs is 8. The molecule has 0 fully saturated rings.